The lowest BCUT2D eigenvalue weighted by atomic mass is 10.1. The molecule has 0 aliphatic carbocycles. The van der Waals surface area contributed by atoms with E-state index in [1.54, 1.807) is 25.3 Å². The third-order valence-corrected chi connectivity index (χ3v) is 4.39. The van der Waals surface area contributed by atoms with E-state index < -0.39 is 0 Å². The largest absolute Gasteiger partial charge is 0.495 e. The van der Waals surface area contributed by atoms with Gasteiger partial charge in [0.1, 0.15) is 5.75 Å². The zero-order chi connectivity index (χ0) is 19.0. The molecule has 136 valence electrons. The molecular formula is C18H15ClN6O2. The van der Waals surface area contributed by atoms with Crippen molar-refractivity contribution in [3.05, 3.63) is 53.1 Å². The third-order valence-electron chi connectivity index (χ3n) is 4.10. The Labute approximate surface area is 159 Å². The Morgan fingerprint density at radius 1 is 1.19 bits per heavy atom. The zero-order valence-electron chi connectivity index (χ0n) is 14.5. The Hall–Kier alpha value is -3.39. The summed E-state index contributed by atoms with van der Waals surface area (Å²) in [5.41, 5.74) is 9.05. The molecule has 0 atom stereocenters. The molecule has 0 spiro atoms. The zero-order valence-corrected chi connectivity index (χ0v) is 15.3. The quantitative estimate of drug-likeness (QED) is 0.575. The molecule has 2 N–H and O–H groups in total. The third kappa shape index (κ3) is 3.00. The van der Waals surface area contributed by atoms with Gasteiger partial charge in [-0.15, -0.1) is 5.10 Å². The fraction of sp³-hybridized carbons (Fsp3) is 0.111. The van der Waals surface area contributed by atoms with E-state index in [0.29, 0.717) is 28.0 Å². The van der Waals surface area contributed by atoms with Crippen LogP contribution >= 0.6 is 11.6 Å². The molecule has 0 aliphatic heterocycles. The molecule has 0 fully saturated rings. The summed E-state index contributed by atoms with van der Waals surface area (Å²) < 4.78 is 11.9. The normalized spacial score (nSPS) is 10.9. The maximum Gasteiger partial charge on any atom is 0.282 e. The van der Waals surface area contributed by atoms with E-state index in [9.17, 15) is 0 Å². The van der Waals surface area contributed by atoms with Gasteiger partial charge in [-0.1, -0.05) is 46.2 Å². The van der Waals surface area contributed by atoms with Gasteiger partial charge in [0.25, 0.3) is 5.89 Å². The van der Waals surface area contributed by atoms with Crippen molar-refractivity contribution in [2.24, 2.45) is 0 Å². The summed E-state index contributed by atoms with van der Waals surface area (Å²) in [4.78, 5) is 4.40. The average Bonchev–Trinajstić information content (AvgIpc) is 3.28. The van der Waals surface area contributed by atoms with Crippen LogP contribution in [0.3, 0.4) is 0 Å². The van der Waals surface area contributed by atoms with E-state index in [2.05, 4.69) is 20.5 Å². The minimum atomic E-state index is 0.191. The fourth-order valence-corrected chi connectivity index (χ4v) is 2.92. The summed E-state index contributed by atoms with van der Waals surface area (Å²) in [5.74, 6) is 1.47. The van der Waals surface area contributed by atoms with Crippen LogP contribution in [0, 0.1) is 6.92 Å². The number of ether oxygens (including phenoxy) is 1. The van der Waals surface area contributed by atoms with Gasteiger partial charge in [-0.25, -0.2) is 0 Å². The van der Waals surface area contributed by atoms with Crippen LogP contribution in [0.1, 0.15) is 5.56 Å². The van der Waals surface area contributed by atoms with Gasteiger partial charge in [-0.05, 0) is 30.7 Å². The van der Waals surface area contributed by atoms with Crippen molar-refractivity contribution in [3.63, 3.8) is 0 Å². The van der Waals surface area contributed by atoms with E-state index in [-0.39, 0.29) is 11.7 Å². The molecule has 0 radical (unpaired) electrons. The predicted molar refractivity (Wildman–Crippen MR) is 101 cm³/mol. The molecule has 0 saturated heterocycles. The molecule has 9 heteroatoms. The van der Waals surface area contributed by atoms with Crippen molar-refractivity contribution in [1.29, 1.82) is 0 Å². The number of nitrogens with two attached hydrogens (primary N) is 1. The molecular weight excluding hydrogens is 368 g/mol. The van der Waals surface area contributed by atoms with E-state index >= 15 is 0 Å². The summed E-state index contributed by atoms with van der Waals surface area (Å²) in [6, 6.07) is 12.9. The number of halogens is 1. The molecule has 4 aromatic rings. The van der Waals surface area contributed by atoms with Crippen LogP contribution in [0.5, 0.6) is 5.75 Å². The van der Waals surface area contributed by atoms with Gasteiger partial charge in [0.15, 0.2) is 11.5 Å². The number of aromatic nitrogens is 5. The fourth-order valence-electron chi connectivity index (χ4n) is 2.67. The molecule has 4 rings (SSSR count). The number of aryl methyl sites for hydroxylation is 1. The van der Waals surface area contributed by atoms with Crippen molar-refractivity contribution in [3.8, 4) is 34.4 Å². The van der Waals surface area contributed by atoms with Crippen molar-refractivity contribution < 1.29 is 9.26 Å². The second-order valence-electron chi connectivity index (χ2n) is 5.79. The van der Waals surface area contributed by atoms with Crippen LogP contribution in [0.4, 0.5) is 5.82 Å². The maximum absolute atomic E-state index is 6.20. The summed E-state index contributed by atoms with van der Waals surface area (Å²) in [5, 5.41) is 12.6. The lowest BCUT2D eigenvalue weighted by molar-refractivity contribution is 0.415. The Morgan fingerprint density at radius 2 is 2.00 bits per heavy atom. The van der Waals surface area contributed by atoms with Gasteiger partial charge in [-0.3, -0.25) is 0 Å². The standard InChI is InChI=1S/C18H15ClN6O2/c1-10-5-3-4-6-12(10)17-21-18(27-23-17)15-16(20)25(24-22-15)11-7-8-14(26-2)13(19)9-11/h3-9H,20H2,1-2H3. The van der Waals surface area contributed by atoms with E-state index in [1.807, 2.05) is 31.2 Å². The first-order chi connectivity index (χ1) is 13.1. The highest BCUT2D eigenvalue weighted by Gasteiger charge is 2.20. The van der Waals surface area contributed by atoms with Crippen molar-refractivity contribution in [2.75, 3.05) is 12.8 Å². The minimum Gasteiger partial charge on any atom is -0.495 e. The molecule has 2 aromatic carbocycles. The van der Waals surface area contributed by atoms with E-state index in [1.165, 1.54) is 4.68 Å². The van der Waals surface area contributed by atoms with Crippen molar-refractivity contribution >= 4 is 17.4 Å². The van der Waals surface area contributed by atoms with Crippen LogP contribution in [0.2, 0.25) is 5.02 Å². The molecule has 0 unspecified atom stereocenters. The smallest absolute Gasteiger partial charge is 0.282 e. The van der Waals surface area contributed by atoms with Gasteiger partial charge in [-0.2, -0.15) is 9.67 Å². The second-order valence-corrected chi connectivity index (χ2v) is 6.20. The average molecular weight is 383 g/mol. The predicted octanol–water partition coefficient (Wildman–Crippen LogP) is 3.54. The summed E-state index contributed by atoms with van der Waals surface area (Å²) >= 11 is 6.17. The second kappa shape index (κ2) is 6.73. The summed E-state index contributed by atoms with van der Waals surface area (Å²) in [7, 11) is 1.55. The van der Waals surface area contributed by atoms with Crippen LogP contribution in [-0.4, -0.2) is 32.2 Å². The number of nitrogens with zero attached hydrogens (tertiary/aromatic N) is 5. The first-order valence-corrected chi connectivity index (χ1v) is 8.41. The highest BCUT2D eigenvalue weighted by molar-refractivity contribution is 6.32. The highest BCUT2D eigenvalue weighted by Crippen LogP contribution is 2.30. The van der Waals surface area contributed by atoms with Gasteiger partial charge >= 0.3 is 0 Å². The molecule has 27 heavy (non-hydrogen) atoms. The number of hydrogen-bond donors (Lipinski definition) is 1. The number of hydrogen-bond acceptors (Lipinski definition) is 7. The van der Waals surface area contributed by atoms with Gasteiger partial charge in [0.2, 0.25) is 5.82 Å². The monoisotopic (exact) mass is 382 g/mol. The number of methoxy groups -OCH3 is 1. The molecule has 0 aliphatic rings. The number of rotatable bonds is 4. The highest BCUT2D eigenvalue weighted by atomic mass is 35.5. The van der Waals surface area contributed by atoms with Crippen LogP contribution in [-0.2, 0) is 0 Å². The van der Waals surface area contributed by atoms with Crippen LogP contribution in [0.15, 0.2) is 47.0 Å². The lowest BCUT2D eigenvalue weighted by Crippen LogP contribution is -2.02. The topological polar surface area (TPSA) is 105 Å². The Bertz CT molecular complexity index is 1120. The van der Waals surface area contributed by atoms with Gasteiger partial charge in [0, 0.05) is 5.56 Å². The molecule has 0 bridgehead atoms. The van der Waals surface area contributed by atoms with Gasteiger partial charge < -0.3 is 15.0 Å². The van der Waals surface area contributed by atoms with E-state index in [0.717, 1.165) is 11.1 Å². The first-order valence-electron chi connectivity index (χ1n) is 8.03. The Morgan fingerprint density at radius 3 is 2.74 bits per heavy atom. The van der Waals surface area contributed by atoms with Crippen molar-refractivity contribution in [2.45, 2.75) is 6.92 Å². The van der Waals surface area contributed by atoms with Gasteiger partial charge in [0.05, 0.1) is 17.8 Å². The first kappa shape index (κ1) is 17.0. The Kier molecular flexibility index (Phi) is 4.25. The molecule has 8 nitrogen and oxygen atoms in total. The van der Waals surface area contributed by atoms with Crippen molar-refractivity contribution in [1.82, 2.24) is 25.1 Å². The summed E-state index contributed by atoms with van der Waals surface area (Å²) in [6.45, 7) is 1.98. The SMILES string of the molecule is COc1ccc(-n2nnc(-c3nc(-c4ccccc4C)no3)c2N)cc1Cl. The molecule has 2 heterocycles. The molecule has 0 saturated carbocycles. The number of anilines is 1. The minimum absolute atomic E-state index is 0.191. The van der Waals surface area contributed by atoms with Crippen LogP contribution < -0.4 is 10.5 Å². The maximum atomic E-state index is 6.20. The number of benzene rings is 2. The number of nitrogen functional groups attached to an aromatic ring is 1. The molecule has 2 aromatic heterocycles. The van der Waals surface area contributed by atoms with E-state index in [4.69, 9.17) is 26.6 Å². The van der Waals surface area contributed by atoms with Crippen LogP contribution in [0.25, 0.3) is 28.7 Å². The Balaban J connectivity index is 1.71. The molecule has 0 amide bonds. The summed E-state index contributed by atoms with van der Waals surface area (Å²) in [6.07, 6.45) is 0. The lowest BCUT2D eigenvalue weighted by Gasteiger charge is -2.06.